The van der Waals surface area contributed by atoms with Gasteiger partial charge in [-0.25, -0.2) is 8.42 Å². The fourth-order valence-electron chi connectivity index (χ4n) is 2.46. The number of para-hydroxylation sites is 1. The van der Waals surface area contributed by atoms with Gasteiger partial charge in [0.1, 0.15) is 22.8 Å². The van der Waals surface area contributed by atoms with Crippen molar-refractivity contribution in [3.05, 3.63) is 48.5 Å². The summed E-state index contributed by atoms with van der Waals surface area (Å²) in [6.45, 7) is 1.31. The van der Waals surface area contributed by atoms with Crippen LogP contribution in [-0.2, 0) is 21.4 Å². The van der Waals surface area contributed by atoms with Crippen molar-refractivity contribution in [2.24, 2.45) is 0 Å². The Balaban J connectivity index is 1.88. The number of furan rings is 1. The largest absolute Gasteiger partial charge is 0.480 e. The number of aliphatic carboxylic acids is 1. The number of carboxylic acids is 1. The maximum Gasteiger partial charge on any atom is 0.325 e. The van der Waals surface area contributed by atoms with E-state index < -0.39 is 28.6 Å². The van der Waals surface area contributed by atoms with Gasteiger partial charge in [-0.15, -0.1) is 0 Å². The van der Waals surface area contributed by atoms with Crippen molar-refractivity contribution in [1.82, 2.24) is 14.1 Å². The Kier molecular flexibility index (Phi) is 4.36. The van der Waals surface area contributed by atoms with Gasteiger partial charge in [0.05, 0.1) is 12.2 Å². The predicted molar refractivity (Wildman–Crippen MR) is 89.4 cm³/mol. The molecule has 0 aliphatic carbocycles. The van der Waals surface area contributed by atoms with Crippen LogP contribution < -0.4 is 0 Å². The minimum atomic E-state index is -3.84. The van der Waals surface area contributed by atoms with Crippen LogP contribution in [0, 0.1) is 0 Å². The fourth-order valence-corrected chi connectivity index (χ4v) is 3.75. The molecule has 1 aromatic carbocycles. The van der Waals surface area contributed by atoms with Crippen molar-refractivity contribution < 1.29 is 22.7 Å². The summed E-state index contributed by atoms with van der Waals surface area (Å²) in [4.78, 5) is 10.6. The van der Waals surface area contributed by atoms with Gasteiger partial charge in [-0.05, 0) is 19.1 Å². The minimum absolute atomic E-state index is 0.0702. The molecule has 0 radical (unpaired) electrons. The zero-order valence-electron chi connectivity index (χ0n) is 13.7. The van der Waals surface area contributed by atoms with Crippen molar-refractivity contribution in [1.29, 1.82) is 0 Å². The number of aromatic nitrogens is 2. The second kappa shape index (κ2) is 6.34. The first-order valence-corrected chi connectivity index (χ1v) is 8.94. The Morgan fingerprint density at radius 2 is 2.12 bits per heavy atom. The molecule has 0 saturated heterocycles. The van der Waals surface area contributed by atoms with Gasteiger partial charge in [0, 0.05) is 18.6 Å². The molecule has 3 rings (SSSR count). The summed E-state index contributed by atoms with van der Waals surface area (Å²) in [7, 11) is -2.40. The highest BCUT2D eigenvalue weighted by Crippen LogP contribution is 2.29. The molecular formula is C16H17N3O5S. The highest BCUT2D eigenvalue weighted by molar-refractivity contribution is 7.89. The first-order chi connectivity index (χ1) is 11.8. The van der Waals surface area contributed by atoms with Crippen molar-refractivity contribution in [2.75, 3.05) is 7.05 Å². The SMILES string of the molecule is CC(c1cc2ccccc2o1)N(C)S(=O)(=O)c1cnn(CC(=O)O)c1. The third-order valence-electron chi connectivity index (χ3n) is 3.99. The van der Waals surface area contributed by atoms with Crippen LogP contribution in [0.5, 0.6) is 0 Å². The topological polar surface area (TPSA) is 106 Å². The van der Waals surface area contributed by atoms with Gasteiger partial charge in [0.2, 0.25) is 10.0 Å². The number of carboxylic acid groups (broad SMARTS) is 1. The summed E-state index contributed by atoms with van der Waals surface area (Å²) in [5.41, 5.74) is 0.685. The first kappa shape index (κ1) is 17.2. The van der Waals surface area contributed by atoms with Crippen LogP contribution in [-0.4, -0.2) is 40.6 Å². The van der Waals surface area contributed by atoms with E-state index >= 15 is 0 Å². The molecule has 2 aromatic heterocycles. The van der Waals surface area contributed by atoms with E-state index in [1.807, 2.05) is 24.3 Å². The summed E-state index contributed by atoms with van der Waals surface area (Å²) >= 11 is 0. The van der Waals surface area contributed by atoms with Gasteiger partial charge in [-0.2, -0.15) is 9.40 Å². The van der Waals surface area contributed by atoms with Crippen LogP contribution >= 0.6 is 0 Å². The molecule has 0 bridgehead atoms. The Labute approximate surface area is 144 Å². The van der Waals surface area contributed by atoms with Gasteiger partial charge < -0.3 is 9.52 Å². The van der Waals surface area contributed by atoms with E-state index in [4.69, 9.17) is 9.52 Å². The molecule has 0 saturated carbocycles. The van der Waals surface area contributed by atoms with Gasteiger partial charge in [0.15, 0.2) is 0 Å². The molecule has 0 fully saturated rings. The summed E-state index contributed by atoms with van der Waals surface area (Å²) in [6, 6.07) is 8.69. The molecule has 132 valence electrons. The highest BCUT2D eigenvalue weighted by atomic mass is 32.2. The van der Waals surface area contributed by atoms with E-state index in [0.717, 1.165) is 16.3 Å². The molecule has 0 aliphatic heterocycles. The Morgan fingerprint density at radius 1 is 1.40 bits per heavy atom. The van der Waals surface area contributed by atoms with E-state index in [1.54, 1.807) is 13.0 Å². The average Bonchev–Trinajstić information content (AvgIpc) is 3.19. The summed E-state index contributed by atoms with van der Waals surface area (Å²) < 4.78 is 33.5. The number of fused-ring (bicyclic) bond motifs is 1. The maximum absolute atomic E-state index is 12.7. The number of sulfonamides is 1. The molecule has 9 heteroatoms. The van der Waals surface area contributed by atoms with Gasteiger partial charge in [-0.3, -0.25) is 9.48 Å². The Hall–Kier alpha value is -2.65. The maximum atomic E-state index is 12.7. The highest BCUT2D eigenvalue weighted by Gasteiger charge is 2.29. The van der Waals surface area contributed by atoms with Gasteiger partial charge >= 0.3 is 5.97 Å². The quantitative estimate of drug-likeness (QED) is 0.719. The van der Waals surface area contributed by atoms with Gasteiger partial charge in [-0.1, -0.05) is 18.2 Å². The first-order valence-electron chi connectivity index (χ1n) is 7.50. The van der Waals surface area contributed by atoms with E-state index in [9.17, 15) is 13.2 Å². The van der Waals surface area contributed by atoms with Crippen molar-refractivity contribution in [3.8, 4) is 0 Å². The molecule has 2 heterocycles. The van der Waals surface area contributed by atoms with Crippen molar-refractivity contribution in [3.63, 3.8) is 0 Å². The lowest BCUT2D eigenvalue weighted by Crippen LogP contribution is -2.29. The summed E-state index contributed by atoms with van der Waals surface area (Å²) in [5.74, 6) is -0.582. The molecule has 0 aliphatic rings. The normalized spacial score (nSPS) is 13.4. The smallest absolute Gasteiger partial charge is 0.325 e. The molecule has 1 N–H and O–H groups in total. The third kappa shape index (κ3) is 3.28. The van der Waals surface area contributed by atoms with Crippen molar-refractivity contribution in [2.45, 2.75) is 24.4 Å². The Bertz CT molecular complexity index is 988. The Morgan fingerprint density at radius 3 is 2.80 bits per heavy atom. The lowest BCUT2D eigenvalue weighted by molar-refractivity contribution is -0.137. The molecular weight excluding hydrogens is 346 g/mol. The lowest BCUT2D eigenvalue weighted by Gasteiger charge is -2.21. The zero-order valence-corrected chi connectivity index (χ0v) is 14.5. The predicted octanol–water partition coefficient (Wildman–Crippen LogP) is 2.10. The number of hydrogen-bond donors (Lipinski definition) is 1. The average molecular weight is 363 g/mol. The van der Waals surface area contributed by atoms with Crippen LogP contribution in [0.25, 0.3) is 11.0 Å². The number of benzene rings is 1. The number of hydrogen-bond acceptors (Lipinski definition) is 5. The zero-order chi connectivity index (χ0) is 18.2. The van der Waals surface area contributed by atoms with Crippen LogP contribution in [0.1, 0.15) is 18.7 Å². The minimum Gasteiger partial charge on any atom is -0.480 e. The summed E-state index contributed by atoms with van der Waals surface area (Å²) in [6.07, 6.45) is 2.34. The van der Waals surface area contributed by atoms with E-state index in [-0.39, 0.29) is 4.90 Å². The molecule has 1 atom stereocenters. The number of rotatable bonds is 6. The monoisotopic (exact) mass is 363 g/mol. The van der Waals surface area contributed by atoms with Crippen LogP contribution in [0.4, 0.5) is 0 Å². The number of carbonyl (C=O) groups is 1. The molecule has 25 heavy (non-hydrogen) atoms. The van der Waals surface area contributed by atoms with Gasteiger partial charge in [0.25, 0.3) is 0 Å². The van der Waals surface area contributed by atoms with E-state index in [2.05, 4.69) is 5.10 Å². The molecule has 0 spiro atoms. The van der Waals surface area contributed by atoms with Crippen LogP contribution in [0.2, 0.25) is 0 Å². The molecule has 3 aromatic rings. The molecule has 8 nitrogen and oxygen atoms in total. The fraction of sp³-hybridized carbons (Fsp3) is 0.250. The van der Waals surface area contributed by atoms with Crippen LogP contribution in [0.3, 0.4) is 0 Å². The molecule has 1 unspecified atom stereocenters. The standard InChI is InChI=1S/C16H17N3O5S/c1-11(15-7-12-5-3-4-6-14(12)24-15)18(2)25(22,23)13-8-17-19(9-13)10-16(20)21/h3-9,11H,10H2,1-2H3,(H,20,21). The van der Waals surface area contributed by atoms with E-state index in [1.165, 1.54) is 17.5 Å². The second-order valence-corrected chi connectivity index (χ2v) is 7.65. The molecule has 0 amide bonds. The van der Waals surface area contributed by atoms with Crippen LogP contribution in [0.15, 0.2) is 52.0 Å². The second-order valence-electron chi connectivity index (χ2n) is 5.65. The third-order valence-corrected chi connectivity index (χ3v) is 5.87. The summed E-state index contributed by atoms with van der Waals surface area (Å²) in [5, 5.41) is 13.4. The van der Waals surface area contributed by atoms with E-state index in [0.29, 0.717) is 11.3 Å². The lowest BCUT2D eigenvalue weighted by atomic mass is 10.2. The number of nitrogens with zero attached hydrogens (tertiary/aromatic N) is 3. The van der Waals surface area contributed by atoms with Crippen molar-refractivity contribution >= 4 is 27.0 Å².